The van der Waals surface area contributed by atoms with Gasteiger partial charge in [0.2, 0.25) is 0 Å². The summed E-state index contributed by atoms with van der Waals surface area (Å²) in [6, 6.07) is 1.94. The minimum Gasteiger partial charge on any atom is -0.481 e. The van der Waals surface area contributed by atoms with Crippen LogP contribution in [0.1, 0.15) is 36.1 Å². The minimum atomic E-state index is -0.813. The number of carbonyl (C=O) groups excluding carboxylic acids is 1. The number of hydrogen-bond acceptors (Lipinski definition) is 3. The zero-order valence-corrected chi connectivity index (χ0v) is 9.97. The van der Waals surface area contributed by atoms with Crippen LogP contribution in [0.25, 0.3) is 0 Å². The van der Waals surface area contributed by atoms with Gasteiger partial charge in [0.25, 0.3) is 0 Å². The highest BCUT2D eigenvalue weighted by Crippen LogP contribution is 2.41. The Labute approximate surface area is 98.1 Å². The minimum absolute atomic E-state index is 0.185. The number of carboxylic acids is 1. The Hall–Kier alpha value is -1.16. The molecule has 1 heterocycles. The van der Waals surface area contributed by atoms with Crippen molar-refractivity contribution < 1.29 is 14.7 Å². The van der Waals surface area contributed by atoms with Crippen LogP contribution in [-0.2, 0) is 15.0 Å². The third kappa shape index (κ3) is 1.78. The Morgan fingerprint density at radius 2 is 2.06 bits per heavy atom. The van der Waals surface area contributed by atoms with Gasteiger partial charge in [-0.15, -0.1) is 11.3 Å². The van der Waals surface area contributed by atoms with Gasteiger partial charge < -0.3 is 5.11 Å². The average molecular weight is 238 g/mol. The zero-order chi connectivity index (χ0) is 11.8. The molecular formula is C12H14O3S. The maximum atomic E-state index is 11.5. The van der Waals surface area contributed by atoms with E-state index in [0.29, 0.717) is 25.7 Å². The Morgan fingerprint density at radius 1 is 1.44 bits per heavy atom. The smallest absolute Gasteiger partial charge is 0.314 e. The van der Waals surface area contributed by atoms with E-state index in [1.165, 1.54) is 11.3 Å². The predicted molar refractivity (Wildman–Crippen MR) is 61.8 cm³/mol. The highest BCUT2D eigenvalue weighted by atomic mass is 32.1. The molecule has 0 atom stereocenters. The molecule has 1 N–H and O–H groups in total. The van der Waals surface area contributed by atoms with E-state index in [4.69, 9.17) is 0 Å². The molecule has 3 nitrogen and oxygen atoms in total. The van der Waals surface area contributed by atoms with Crippen LogP contribution in [-0.4, -0.2) is 16.9 Å². The Kier molecular flexibility index (Phi) is 2.84. The number of aryl methyl sites for hydroxylation is 1. The van der Waals surface area contributed by atoms with Crippen LogP contribution in [0.5, 0.6) is 0 Å². The lowest BCUT2D eigenvalue weighted by Crippen LogP contribution is -2.39. The van der Waals surface area contributed by atoms with Crippen molar-refractivity contribution >= 4 is 23.1 Å². The van der Waals surface area contributed by atoms with E-state index in [-0.39, 0.29) is 5.78 Å². The van der Waals surface area contributed by atoms with Crippen molar-refractivity contribution in [2.75, 3.05) is 0 Å². The molecule has 1 fully saturated rings. The number of carboxylic acid groups (broad SMARTS) is 1. The van der Waals surface area contributed by atoms with Crippen molar-refractivity contribution in [2.45, 2.75) is 38.0 Å². The number of hydrogen-bond donors (Lipinski definition) is 1. The molecule has 86 valence electrons. The van der Waals surface area contributed by atoms with Gasteiger partial charge in [-0.25, -0.2) is 0 Å². The maximum Gasteiger partial charge on any atom is 0.314 e. The van der Waals surface area contributed by atoms with Gasteiger partial charge in [-0.3, -0.25) is 9.59 Å². The molecule has 16 heavy (non-hydrogen) atoms. The lowest BCUT2D eigenvalue weighted by Gasteiger charge is -2.31. The summed E-state index contributed by atoms with van der Waals surface area (Å²) in [5, 5.41) is 11.4. The summed E-state index contributed by atoms with van der Waals surface area (Å²) in [6.07, 6.45) is 1.68. The van der Waals surface area contributed by atoms with E-state index in [0.717, 1.165) is 10.4 Å². The summed E-state index contributed by atoms with van der Waals surface area (Å²) >= 11 is 1.49. The van der Waals surface area contributed by atoms with E-state index in [2.05, 4.69) is 0 Å². The quantitative estimate of drug-likeness (QED) is 0.861. The van der Waals surface area contributed by atoms with Gasteiger partial charge in [0.05, 0.1) is 0 Å². The molecule has 0 bridgehead atoms. The number of ketones is 1. The monoisotopic (exact) mass is 238 g/mol. The molecule has 0 spiro atoms. The van der Waals surface area contributed by atoms with Crippen LogP contribution >= 0.6 is 11.3 Å². The highest BCUT2D eigenvalue weighted by Gasteiger charge is 2.44. The second kappa shape index (κ2) is 4.01. The number of carbonyl (C=O) groups is 2. The van der Waals surface area contributed by atoms with E-state index < -0.39 is 11.4 Å². The summed E-state index contributed by atoms with van der Waals surface area (Å²) in [7, 11) is 0. The largest absolute Gasteiger partial charge is 0.481 e. The Balaban J connectivity index is 2.36. The molecule has 0 saturated heterocycles. The molecule has 0 aromatic carbocycles. The standard InChI is InChI=1S/C12H14O3S/c1-8-6-10(16-7-8)12(11(14)15)4-2-9(13)3-5-12/h6-7H,2-5H2,1H3,(H,14,15). The fourth-order valence-electron chi connectivity index (χ4n) is 2.20. The fourth-order valence-corrected chi connectivity index (χ4v) is 3.36. The van der Waals surface area contributed by atoms with Gasteiger partial charge in [0.1, 0.15) is 11.2 Å². The molecule has 0 radical (unpaired) electrons. The molecule has 1 aromatic rings. The molecule has 0 aliphatic heterocycles. The zero-order valence-electron chi connectivity index (χ0n) is 9.16. The topological polar surface area (TPSA) is 54.4 Å². The van der Waals surface area contributed by atoms with E-state index in [9.17, 15) is 14.7 Å². The van der Waals surface area contributed by atoms with E-state index >= 15 is 0 Å². The number of thiophene rings is 1. The first-order chi connectivity index (χ1) is 7.54. The number of aliphatic carboxylic acids is 1. The van der Waals surface area contributed by atoms with Crippen LogP contribution in [0, 0.1) is 6.92 Å². The van der Waals surface area contributed by atoms with E-state index in [1.54, 1.807) is 0 Å². The molecule has 1 aliphatic rings. The first-order valence-corrected chi connectivity index (χ1v) is 6.23. The number of Topliss-reactive ketones (excluding diaryl/α,β-unsaturated/α-hetero) is 1. The van der Waals surface area contributed by atoms with Gasteiger partial charge in [-0.05, 0) is 36.8 Å². The number of rotatable bonds is 2. The Bertz CT molecular complexity index is 423. The van der Waals surface area contributed by atoms with Crippen LogP contribution in [0.2, 0.25) is 0 Å². The molecule has 1 aromatic heterocycles. The third-order valence-corrected chi connectivity index (χ3v) is 4.52. The summed E-state index contributed by atoms with van der Waals surface area (Å²) in [5.74, 6) is -0.605. The predicted octanol–water partition coefficient (Wildman–Crippen LogP) is 2.52. The van der Waals surface area contributed by atoms with Gasteiger partial charge in [-0.2, -0.15) is 0 Å². The van der Waals surface area contributed by atoms with Crippen LogP contribution in [0.3, 0.4) is 0 Å². The van der Waals surface area contributed by atoms with Crippen molar-refractivity contribution in [1.82, 2.24) is 0 Å². The summed E-state index contributed by atoms with van der Waals surface area (Å²) in [5.41, 5.74) is 0.282. The van der Waals surface area contributed by atoms with Crippen molar-refractivity contribution in [3.63, 3.8) is 0 Å². The molecule has 0 unspecified atom stereocenters. The highest BCUT2D eigenvalue weighted by molar-refractivity contribution is 7.10. The third-order valence-electron chi connectivity index (χ3n) is 3.27. The van der Waals surface area contributed by atoms with Crippen molar-refractivity contribution in [2.24, 2.45) is 0 Å². The fraction of sp³-hybridized carbons (Fsp3) is 0.500. The summed E-state index contributed by atoms with van der Waals surface area (Å²) in [6.45, 7) is 1.96. The van der Waals surface area contributed by atoms with Gasteiger partial charge in [-0.1, -0.05) is 0 Å². The normalized spacial score (nSPS) is 19.7. The lowest BCUT2D eigenvalue weighted by atomic mass is 9.72. The molecule has 2 rings (SSSR count). The molecular weight excluding hydrogens is 224 g/mol. The van der Waals surface area contributed by atoms with Gasteiger partial charge >= 0.3 is 5.97 Å². The second-order valence-corrected chi connectivity index (χ2v) is 5.33. The lowest BCUT2D eigenvalue weighted by molar-refractivity contribution is -0.145. The second-order valence-electron chi connectivity index (χ2n) is 4.41. The average Bonchev–Trinajstić information content (AvgIpc) is 2.66. The van der Waals surface area contributed by atoms with Crippen LogP contribution in [0.15, 0.2) is 11.4 Å². The van der Waals surface area contributed by atoms with Gasteiger partial charge in [0, 0.05) is 17.7 Å². The Morgan fingerprint density at radius 3 is 2.50 bits per heavy atom. The molecule has 0 amide bonds. The molecule has 4 heteroatoms. The van der Waals surface area contributed by atoms with Crippen molar-refractivity contribution in [3.8, 4) is 0 Å². The molecule has 1 aliphatic carbocycles. The van der Waals surface area contributed by atoms with Gasteiger partial charge in [0.15, 0.2) is 0 Å². The van der Waals surface area contributed by atoms with Crippen LogP contribution < -0.4 is 0 Å². The molecule has 1 saturated carbocycles. The van der Waals surface area contributed by atoms with Crippen LogP contribution in [0.4, 0.5) is 0 Å². The van der Waals surface area contributed by atoms with E-state index in [1.807, 2.05) is 18.4 Å². The first-order valence-electron chi connectivity index (χ1n) is 5.35. The summed E-state index contributed by atoms with van der Waals surface area (Å²) in [4.78, 5) is 23.6. The maximum absolute atomic E-state index is 11.5. The van der Waals surface area contributed by atoms with Crippen molar-refractivity contribution in [3.05, 3.63) is 21.9 Å². The first kappa shape index (κ1) is 11.3. The summed E-state index contributed by atoms with van der Waals surface area (Å²) < 4.78 is 0. The SMILES string of the molecule is Cc1csc(C2(C(=O)O)CCC(=O)CC2)c1. The van der Waals surface area contributed by atoms with Crippen molar-refractivity contribution in [1.29, 1.82) is 0 Å².